The molecule has 7 nitrogen and oxygen atoms in total. The third-order valence-electron chi connectivity index (χ3n) is 7.08. The van der Waals surface area contributed by atoms with Crippen LogP contribution in [0.5, 0.6) is 5.75 Å². The first-order valence-electron chi connectivity index (χ1n) is 11.6. The molecule has 1 saturated carbocycles. The number of anilines is 1. The highest BCUT2D eigenvalue weighted by atomic mass is 35.5. The number of aromatic nitrogens is 2. The van der Waals surface area contributed by atoms with Gasteiger partial charge in [0.1, 0.15) is 5.75 Å². The molecule has 0 bridgehead atoms. The Hall–Kier alpha value is -2.38. The van der Waals surface area contributed by atoms with Crippen molar-refractivity contribution in [3.63, 3.8) is 0 Å². The average molecular weight is 456 g/mol. The molecule has 0 N–H and O–H groups in total. The standard InChI is InChI=1S/C24H30ClN5O2/c1-32-22-15-18(25)5-6-20(22)23(31)29-9-7-17-16-26-24(27-21(17)8-10-29)30-13-11-28(12-14-30)19-3-2-4-19/h5-6,15-16,19H,2-4,7-14H2,1H3. The van der Waals surface area contributed by atoms with Crippen molar-refractivity contribution >= 4 is 23.5 Å². The molecular weight excluding hydrogens is 426 g/mol. The van der Waals surface area contributed by atoms with E-state index in [1.165, 1.54) is 19.3 Å². The number of carbonyl (C=O) groups is 1. The Balaban J connectivity index is 1.25. The van der Waals surface area contributed by atoms with Crippen molar-refractivity contribution in [2.24, 2.45) is 0 Å². The molecule has 1 saturated heterocycles. The number of nitrogens with zero attached hydrogens (tertiary/aromatic N) is 5. The Morgan fingerprint density at radius 3 is 2.59 bits per heavy atom. The molecule has 2 aliphatic heterocycles. The van der Waals surface area contributed by atoms with Gasteiger partial charge >= 0.3 is 0 Å². The number of ether oxygens (including phenoxy) is 1. The van der Waals surface area contributed by atoms with Crippen molar-refractivity contribution in [3.8, 4) is 5.75 Å². The zero-order valence-corrected chi connectivity index (χ0v) is 19.4. The van der Waals surface area contributed by atoms with Crippen LogP contribution in [0, 0.1) is 0 Å². The van der Waals surface area contributed by atoms with E-state index in [0.717, 1.165) is 62.3 Å². The van der Waals surface area contributed by atoms with Crippen LogP contribution in [0.4, 0.5) is 5.95 Å². The van der Waals surface area contributed by atoms with E-state index in [1.807, 2.05) is 11.1 Å². The van der Waals surface area contributed by atoms with Gasteiger partial charge in [-0.15, -0.1) is 0 Å². The van der Waals surface area contributed by atoms with E-state index < -0.39 is 0 Å². The molecule has 1 aliphatic carbocycles. The molecule has 170 valence electrons. The second kappa shape index (κ2) is 9.24. The van der Waals surface area contributed by atoms with Crippen molar-refractivity contribution in [2.75, 3.05) is 51.3 Å². The monoisotopic (exact) mass is 455 g/mol. The topological polar surface area (TPSA) is 61.8 Å². The Morgan fingerprint density at radius 1 is 1.09 bits per heavy atom. The largest absolute Gasteiger partial charge is 0.496 e. The van der Waals surface area contributed by atoms with Crippen molar-refractivity contribution in [2.45, 2.75) is 38.1 Å². The van der Waals surface area contributed by atoms with Crippen molar-refractivity contribution < 1.29 is 9.53 Å². The fourth-order valence-corrected chi connectivity index (χ4v) is 5.03. The molecule has 1 amide bonds. The summed E-state index contributed by atoms with van der Waals surface area (Å²) in [6, 6.07) is 5.95. The minimum Gasteiger partial charge on any atom is -0.496 e. The molecular formula is C24H30ClN5O2. The van der Waals surface area contributed by atoms with Crippen LogP contribution < -0.4 is 9.64 Å². The van der Waals surface area contributed by atoms with E-state index >= 15 is 0 Å². The first-order valence-corrected chi connectivity index (χ1v) is 12.0. The third-order valence-corrected chi connectivity index (χ3v) is 7.32. The van der Waals surface area contributed by atoms with E-state index in [1.54, 1.807) is 25.3 Å². The number of benzene rings is 1. The lowest BCUT2D eigenvalue weighted by Gasteiger charge is -2.43. The van der Waals surface area contributed by atoms with Gasteiger partial charge in [-0.2, -0.15) is 0 Å². The minimum atomic E-state index is -0.0355. The van der Waals surface area contributed by atoms with Gasteiger partial charge in [-0.25, -0.2) is 9.97 Å². The molecule has 3 aliphatic rings. The van der Waals surface area contributed by atoms with Gasteiger partial charge in [0.05, 0.1) is 18.4 Å². The molecule has 2 aromatic rings. The highest BCUT2D eigenvalue weighted by Gasteiger charge is 2.29. The zero-order chi connectivity index (χ0) is 22.1. The summed E-state index contributed by atoms with van der Waals surface area (Å²) in [4.78, 5) is 29.6. The third kappa shape index (κ3) is 4.28. The Morgan fingerprint density at radius 2 is 1.88 bits per heavy atom. The zero-order valence-electron chi connectivity index (χ0n) is 18.6. The summed E-state index contributed by atoms with van der Waals surface area (Å²) in [7, 11) is 1.56. The number of halogens is 1. The van der Waals surface area contributed by atoms with Gasteiger partial charge in [-0.05, 0) is 43.0 Å². The van der Waals surface area contributed by atoms with Gasteiger partial charge in [0.2, 0.25) is 5.95 Å². The first kappa shape index (κ1) is 21.5. The number of hydrogen-bond acceptors (Lipinski definition) is 6. The van der Waals surface area contributed by atoms with Gasteiger partial charge < -0.3 is 14.5 Å². The first-order chi connectivity index (χ1) is 15.6. The molecule has 1 aromatic carbocycles. The van der Waals surface area contributed by atoms with Crippen LogP contribution in [-0.4, -0.2) is 78.1 Å². The lowest BCUT2D eigenvalue weighted by molar-refractivity contribution is 0.0759. The maximum atomic E-state index is 13.2. The van der Waals surface area contributed by atoms with Crippen LogP contribution in [0.1, 0.15) is 40.9 Å². The highest BCUT2D eigenvalue weighted by Crippen LogP contribution is 2.27. The summed E-state index contributed by atoms with van der Waals surface area (Å²) < 4.78 is 5.38. The highest BCUT2D eigenvalue weighted by molar-refractivity contribution is 6.30. The van der Waals surface area contributed by atoms with Gasteiger partial charge in [-0.1, -0.05) is 18.0 Å². The van der Waals surface area contributed by atoms with Gasteiger partial charge in [0, 0.05) is 63.0 Å². The second-order valence-corrected chi connectivity index (χ2v) is 9.32. The van der Waals surface area contributed by atoms with E-state index in [0.29, 0.717) is 29.4 Å². The number of amides is 1. The molecule has 0 radical (unpaired) electrons. The molecule has 8 heteroatoms. The summed E-state index contributed by atoms with van der Waals surface area (Å²) in [5.74, 6) is 1.30. The van der Waals surface area contributed by atoms with Crippen LogP contribution in [-0.2, 0) is 12.8 Å². The Bertz CT molecular complexity index is 988. The molecule has 0 atom stereocenters. The van der Waals surface area contributed by atoms with Crippen LogP contribution in [0.3, 0.4) is 0 Å². The van der Waals surface area contributed by atoms with Crippen LogP contribution >= 0.6 is 11.6 Å². The molecule has 2 fully saturated rings. The molecule has 1 aromatic heterocycles. The summed E-state index contributed by atoms with van der Waals surface area (Å²) in [5.41, 5.74) is 2.74. The Kier molecular flexibility index (Phi) is 6.20. The van der Waals surface area contributed by atoms with Crippen molar-refractivity contribution in [3.05, 3.63) is 46.2 Å². The quantitative estimate of drug-likeness (QED) is 0.706. The summed E-state index contributed by atoms with van der Waals surface area (Å²) >= 11 is 6.06. The van der Waals surface area contributed by atoms with Crippen LogP contribution in [0.15, 0.2) is 24.4 Å². The lowest BCUT2D eigenvalue weighted by atomic mass is 9.91. The maximum Gasteiger partial charge on any atom is 0.257 e. The number of carbonyl (C=O) groups excluding carboxylic acids is 1. The molecule has 0 spiro atoms. The molecule has 32 heavy (non-hydrogen) atoms. The fraction of sp³-hybridized carbons (Fsp3) is 0.542. The van der Waals surface area contributed by atoms with Crippen LogP contribution in [0.25, 0.3) is 0 Å². The predicted molar refractivity (Wildman–Crippen MR) is 125 cm³/mol. The van der Waals surface area contributed by atoms with E-state index in [-0.39, 0.29) is 5.91 Å². The maximum absolute atomic E-state index is 13.2. The SMILES string of the molecule is COc1cc(Cl)ccc1C(=O)N1CCc2cnc(N3CCN(C4CCC4)CC3)nc2CC1. The number of hydrogen-bond donors (Lipinski definition) is 0. The van der Waals surface area contributed by atoms with Gasteiger partial charge in [-0.3, -0.25) is 9.69 Å². The van der Waals surface area contributed by atoms with Gasteiger partial charge in [0.25, 0.3) is 5.91 Å². The molecule has 5 rings (SSSR count). The van der Waals surface area contributed by atoms with Crippen molar-refractivity contribution in [1.29, 1.82) is 0 Å². The number of fused-ring (bicyclic) bond motifs is 1. The summed E-state index contributed by atoms with van der Waals surface area (Å²) in [6.07, 6.45) is 7.54. The smallest absolute Gasteiger partial charge is 0.257 e. The van der Waals surface area contributed by atoms with E-state index in [2.05, 4.69) is 14.8 Å². The van der Waals surface area contributed by atoms with Crippen LogP contribution in [0.2, 0.25) is 5.02 Å². The van der Waals surface area contributed by atoms with Crippen molar-refractivity contribution in [1.82, 2.24) is 19.8 Å². The second-order valence-electron chi connectivity index (χ2n) is 8.89. The summed E-state index contributed by atoms with van der Waals surface area (Å²) in [6.45, 7) is 5.42. The van der Waals surface area contributed by atoms with E-state index in [4.69, 9.17) is 21.3 Å². The number of rotatable bonds is 4. The fourth-order valence-electron chi connectivity index (χ4n) is 4.87. The van der Waals surface area contributed by atoms with Gasteiger partial charge in [0.15, 0.2) is 0 Å². The molecule has 3 heterocycles. The predicted octanol–water partition coefficient (Wildman–Crippen LogP) is 3.05. The average Bonchev–Trinajstić information content (AvgIpc) is 3.00. The number of methoxy groups -OCH3 is 1. The number of piperazine rings is 1. The van der Waals surface area contributed by atoms with E-state index in [9.17, 15) is 4.79 Å². The Labute approximate surface area is 194 Å². The minimum absolute atomic E-state index is 0.0355. The molecule has 0 unspecified atom stereocenters. The lowest BCUT2D eigenvalue weighted by Crippen LogP contribution is -2.52. The summed E-state index contributed by atoms with van der Waals surface area (Å²) in [5, 5.41) is 0.554. The normalized spacial score (nSPS) is 19.8.